The van der Waals surface area contributed by atoms with Gasteiger partial charge in [-0.3, -0.25) is 4.79 Å². The molecule has 6 nitrogen and oxygen atoms in total. The highest BCUT2D eigenvalue weighted by Gasteiger charge is 2.40. The van der Waals surface area contributed by atoms with Crippen LogP contribution in [0.4, 0.5) is 5.82 Å². The maximum atomic E-state index is 12.5. The van der Waals surface area contributed by atoms with Crippen LogP contribution in [-0.2, 0) is 11.2 Å². The Balaban J connectivity index is 1.94. The van der Waals surface area contributed by atoms with Crippen LogP contribution in [0.3, 0.4) is 0 Å². The van der Waals surface area contributed by atoms with Crippen molar-refractivity contribution in [2.24, 2.45) is 11.1 Å². The van der Waals surface area contributed by atoms with E-state index in [2.05, 4.69) is 16.4 Å². The molecule has 0 bridgehead atoms. The number of carbonyl (C=O) groups is 1. The Labute approximate surface area is 166 Å². The van der Waals surface area contributed by atoms with E-state index in [4.69, 9.17) is 16.2 Å². The van der Waals surface area contributed by atoms with Gasteiger partial charge in [-0.15, -0.1) is 0 Å². The average molecular weight is 383 g/mol. The molecule has 150 valence electrons. The van der Waals surface area contributed by atoms with Gasteiger partial charge >= 0.3 is 0 Å². The number of carbonyl (C=O) groups excluding carboxylic acids is 1. The number of anilines is 1. The number of nitrogens with one attached hydrogen (secondary N) is 1. The summed E-state index contributed by atoms with van der Waals surface area (Å²) in [7, 11) is 1.97. The summed E-state index contributed by atoms with van der Waals surface area (Å²) in [4.78, 5) is 16.7. The molecule has 1 aliphatic rings. The van der Waals surface area contributed by atoms with Crippen molar-refractivity contribution >= 4 is 11.7 Å². The lowest BCUT2D eigenvalue weighted by Crippen LogP contribution is -2.45. The highest BCUT2D eigenvalue weighted by molar-refractivity contribution is 5.81. The number of benzene rings is 1. The number of amides is 1. The number of nitrogens with zero attached hydrogens (tertiary/aromatic N) is 1. The van der Waals surface area contributed by atoms with Crippen molar-refractivity contribution in [3.63, 3.8) is 0 Å². The van der Waals surface area contributed by atoms with E-state index in [1.54, 1.807) is 12.3 Å². The van der Waals surface area contributed by atoms with Gasteiger partial charge in [-0.1, -0.05) is 6.07 Å². The van der Waals surface area contributed by atoms with Crippen molar-refractivity contribution in [3.8, 4) is 16.9 Å². The second-order valence-corrected chi connectivity index (χ2v) is 7.61. The topological polar surface area (TPSA) is 103 Å². The molecule has 6 heteroatoms. The molecule has 0 atom stereocenters. The highest BCUT2D eigenvalue weighted by Crippen LogP contribution is 2.41. The zero-order valence-electron chi connectivity index (χ0n) is 16.7. The predicted molar refractivity (Wildman–Crippen MR) is 112 cm³/mol. The first-order chi connectivity index (χ1) is 13.5. The SMILES string of the molecule is CCOc1ccc(-c2ccc(N)nc2)cc1CC1(C(N)=O)CCC(NC)CC1. The van der Waals surface area contributed by atoms with Gasteiger partial charge in [0.25, 0.3) is 0 Å². The molecule has 0 radical (unpaired) electrons. The van der Waals surface area contributed by atoms with Gasteiger partial charge in [0.05, 0.1) is 12.0 Å². The van der Waals surface area contributed by atoms with Crippen LogP contribution in [0.15, 0.2) is 36.5 Å². The Hall–Kier alpha value is -2.60. The smallest absolute Gasteiger partial charge is 0.223 e. The van der Waals surface area contributed by atoms with Gasteiger partial charge in [0.1, 0.15) is 11.6 Å². The molecule has 1 heterocycles. The number of nitrogens with two attached hydrogens (primary N) is 2. The molecule has 0 spiro atoms. The Morgan fingerprint density at radius 3 is 2.54 bits per heavy atom. The van der Waals surface area contributed by atoms with Gasteiger partial charge < -0.3 is 21.5 Å². The molecule has 1 aromatic heterocycles. The minimum absolute atomic E-state index is 0.218. The van der Waals surface area contributed by atoms with Crippen LogP contribution >= 0.6 is 0 Å². The molecule has 28 heavy (non-hydrogen) atoms. The number of hydrogen-bond donors (Lipinski definition) is 3. The van der Waals surface area contributed by atoms with Crippen LogP contribution in [0.1, 0.15) is 38.2 Å². The highest BCUT2D eigenvalue weighted by atomic mass is 16.5. The van der Waals surface area contributed by atoms with Crippen LogP contribution in [0, 0.1) is 5.41 Å². The summed E-state index contributed by atoms with van der Waals surface area (Å²) < 4.78 is 5.86. The third kappa shape index (κ3) is 4.28. The van der Waals surface area contributed by atoms with Crippen LogP contribution in [0.25, 0.3) is 11.1 Å². The molecule has 5 N–H and O–H groups in total. The first-order valence-corrected chi connectivity index (χ1v) is 9.92. The third-order valence-corrected chi connectivity index (χ3v) is 5.88. The molecule has 1 amide bonds. The molecule has 1 aromatic carbocycles. The summed E-state index contributed by atoms with van der Waals surface area (Å²) in [5.74, 6) is 1.08. The van der Waals surface area contributed by atoms with Gasteiger partial charge in [-0.25, -0.2) is 4.98 Å². The quantitative estimate of drug-likeness (QED) is 0.683. The zero-order chi connectivity index (χ0) is 20.1. The number of ether oxygens (including phenoxy) is 1. The largest absolute Gasteiger partial charge is 0.494 e. The normalized spacial score (nSPS) is 22.0. The van der Waals surface area contributed by atoms with Crippen molar-refractivity contribution in [2.45, 2.75) is 45.1 Å². The standard InChI is InChI=1S/C22H30N4O2/c1-3-28-19-6-4-15(16-5-7-20(23)26-14-16)12-17(19)13-22(21(24)27)10-8-18(25-2)9-11-22/h4-7,12,14,18,25H,3,8-11,13H2,1-2H3,(H2,23,26)(H2,24,27). The zero-order valence-corrected chi connectivity index (χ0v) is 16.7. The number of rotatable bonds is 7. The van der Waals surface area contributed by atoms with E-state index in [0.29, 0.717) is 24.9 Å². The second-order valence-electron chi connectivity index (χ2n) is 7.61. The molecule has 3 rings (SSSR count). The van der Waals surface area contributed by atoms with Gasteiger partial charge in [0, 0.05) is 17.8 Å². The Morgan fingerprint density at radius 1 is 1.25 bits per heavy atom. The fourth-order valence-electron chi connectivity index (χ4n) is 4.10. The van der Waals surface area contributed by atoms with Gasteiger partial charge in [0.15, 0.2) is 0 Å². The van der Waals surface area contributed by atoms with E-state index in [9.17, 15) is 4.79 Å². The van der Waals surface area contributed by atoms with Gasteiger partial charge in [-0.05, 0) is 81.5 Å². The number of pyridine rings is 1. The van der Waals surface area contributed by atoms with E-state index >= 15 is 0 Å². The summed E-state index contributed by atoms with van der Waals surface area (Å²) in [5.41, 5.74) is 14.1. The maximum absolute atomic E-state index is 12.5. The molecule has 1 aliphatic carbocycles. The number of nitrogen functional groups attached to an aromatic ring is 1. The van der Waals surface area contributed by atoms with E-state index < -0.39 is 5.41 Å². The summed E-state index contributed by atoms with van der Waals surface area (Å²) in [6.45, 7) is 2.53. The fraction of sp³-hybridized carbons (Fsp3) is 0.455. The number of aromatic nitrogens is 1. The first-order valence-electron chi connectivity index (χ1n) is 9.92. The van der Waals surface area contributed by atoms with E-state index in [1.165, 1.54) is 0 Å². The van der Waals surface area contributed by atoms with Crippen LogP contribution in [0.2, 0.25) is 0 Å². The Kier molecular flexibility index (Phi) is 6.19. The summed E-state index contributed by atoms with van der Waals surface area (Å²) in [5, 5.41) is 3.32. The van der Waals surface area contributed by atoms with Gasteiger partial charge in [-0.2, -0.15) is 0 Å². The van der Waals surface area contributed by atoms with Gasteiger partial charge in [0.2, 0.25) is 5.91 Å². The Bertz CT molecular complexity index is 812. The molecule has 0 unspecified atom stereocenters. The lowest BCUT2D eigenvalue weighted by atomic mass is 9.68. The minimum atomic E-state index is -0.531. The molecule has 0 saturated heterocycles. The summed E-state index contributed by atoms with van der Waals surface area (Å²) in [6, 6.07) is 10.3. The average Bonchev–Trinajstić information content (AvgIpc) is 2.70. The molecule has 1 fully saturated rings. The number of primary amides is 1. The maximum Gasteiger partial charge on any atom is 0.223 e. The van der Waals surface area contributed by atoms with Crippen LogP contribution in [0.5, 0.6) is 5.75 Å². The summed E-state index contributed by atoms with van der Waals surface area (Å²) >= 11 is 0. The van der Waals surface area contributed by atoms with E-state index in [0.717, 1.165) is 48.1 Å². The lowest BCUT2D eigenvalue weighted by molar-refractivity contribution is -0.129. The van der Waals surface area contributed by atoms with Crippen LogP contribution < -0.4 is 21.5 Å². The predicted octanol–water partition coefficient (Wildman–Crippen LogP) is 2.91. The molecule has 1 saturated carbocycles. The molecular formula is C22H30N4O2. The van der Waals surface area contributed by atoms with Crippen molar-refractivity contribution in [1.82, 2.24) is 10.3 Å². The molecule has 2 aromatic rings. The van der Waals surface area contributed by atoms with Crippen molar-refractivity contribution < 1.29 is 9.53 Å². The fourth-order valence-corrected chi connectivity index (χ4v) is 4.10. The Morgan fingerprint density at radius 2 is 1.96 bits per heavy atom. The van der Waals surface area contributed by atoms with Crippen molar-refractivity contribution in [2.75, 3.05) is 19.4 Å². The van der Waals surface area contributed by atoms with Crippen molar-refractivity contribution in [3.05, 3.63) is 42.1 Å². The third-order valence-electron chi connectivity index (χ3n) is 5.88. The lowest BCUT2D eigenvalue weighted by Gasteiger charge is -2.38. The summed E-state index contributed by atoms with van der Waals surface area (Å²) in [6.07, 6.45) is 5.82. The molecule has 0 aliphatic heterocycles. The molecular weight excluding hydrogens is 352 g/mol. The van der Waals surface area contributed by atoms with Crippen LogP contribution in [-0.4, -0.2) is 30.6 Å². The monoisotopic (exact) mass is 382 g/mol. The first kappa shape index (κ1) is 20.1. The number of hydrogen-bond acceptors (Lipinski definition) is 5. The van der Waals surface area contributed by atoms with E-state index in [-0.39, 0.29) is 5.91 Å². The van der Waals surface area contributed by atoms with Crippen molar-refractivity contribution in [1.29, 1.82) is 0 Å². The van der Waals surface area contributed by atoms with E-state index in [1.807, 2.05) is 32.2 Å². The second kappa shape index (κ2) is 8.61. The minimum Gasteiger partial charge on any atom is -0.494 e.